The molecule has 0 spiro atoms. The van der Waals surface area contributed by atoms with E-state index in [0.29, 0.717) is 12.0 Å². The van der Waals surface area contributed by atoms with Crippen molar-refractivity contribution in [3.05, 3.63) is 41.0 Å². The summed E-state index contributed by atoms with van der Waals surface area (Å²) in [6.07, 6.45) is 2.28. The number of benzene rings is 1. The first-order valence-corrected chi connectivity index (χ1v) is 5.64. The fourth-order valence-corrected chi connectivity index (χ4v) is 1.86. The number of esters is 1. The molecule has 1 saturated heterocycles. The van der Waals surface area contributed by atoms with E-state index in [2.05, 4.69) is 0 Å². The third-order valence-electron chi connectivity index (χ3n) is 2.92. The first-order chi connectivity index (χ1) is 8.02. The molecule has 1 aliphatic rings. The Bertz CT molecular complexity index is 459. The second-order valence-corrected chi connectivity index (χ2v) is 4.75. The molecule has 3 nitrogen and oxygen atoms in total. The fraction of sp³-hybridized carbons (Fsp3) is 0.357. The first-order valence-electron chi connectivity index (χ1n) is 5.64. The van der Waals surface area contributed by atoms with Crippen LogP contribution in [0.15, 0.2) is 29.8 Å². The second-order valence-electron chi connectivity index (χ2n) is 4.75. The van der Waals surface area contributed by atoms with E-state index in [9.17, 15) is 4.79 Å². The van der Waals surface area contributed by atoms with Crippen LogP contribution in [0.4, 0.5) is 0 Å². The van der Waals surface area contributed by atoms with Crippen LogP contribution in [-0.4, -0.2) is 23.3 Å². The number of carbonyl (C=O) groups excluding carboxylic acids is 1. The van der Waals surface area contributed by atoms with E-state index in [1.807, 2.05) is 37.3 Å². The number of ether oxygens (including phenoxy) is 1. The molecule has 1 aromatic carbocycles. The predicted octanol–water partition coefficient (Wildman–Crippen LogP) is 2.08. The van der Waals surface area contributed by atoms with Crippen molar-refractivity contribution in [2.45, 2.75) is 25.9 Å². The second kappa shape index (κ2) is 4.34. The Labute approximate surface area is 101 Å². The number of hydrogen-bond acceptors (Lipinski definition) is 3. The largest absolute Gasteiger partial charge is 0.453 e. The summed E-state index contributed by atoms with van der Waals surface area (Å²) in [7, 11) is 0. The minimum atomic E-state index is -0.756. The van der Waals surface area contributed by atoms with Crippen molar-refractivity contribution in [3.8, 4) is 0 Å². The van der Waals surface area contributed by atoms with Gasteiger partial charge in [-0.15, -0.1) is 0 Å². The highest BCUT2D eigenvalue weighted by atomic mass is 16.6. The summed E-state index contributed by atoms with van der Waals surface area (Å²) in [5, 5.41) is 9.16. The van der Waals surface area contributed by atoms with Gasteiger partial charge in [-0.05, 0) is 25.5 Å². The van der Waals surface area contributed by atoms with Crippen LogP contribution in [0, 0.1) is 6.92 Å². The minimum Gasteiger partial charge on any atom is -0.453 e. The van der Waals surface area contributed by atoms with Crippen molar-refractivity contribution in [1.29, 1.82) is 0 Å². The van der Waals surface area contributed by atoms with Crippen LogP contribution in [0.1, 0.15) is 24.5 Å². The third-order valence-corrected chi connectivity index (χ3v) is 2.92. The third kappa shape index (κ3) is 2.56. The van der Waals surface area contributed by atoms with Gasteiger partial charge in [-0.1, -0.05) is 29.8 Å². The van der Waals surface area contributed by atoms with Crippen LogP contribution in [-0.2, 0) is 9.53 Å². The molecule has 0 bridgehead atoms. The molecule has 1 fully saturated rings. The molecular weight excluding hydrogens is 216 g/mol. The molecular formula is C14H16O3. The highest BCUT2D eigenvalue weighted by Crippen LogP contribution is 2.31. The van der Waals surface area contributed by atoms with Crippen LogP contribution in [0.5, 0.6) is 0 Å². The number of carbonyl (C=O) groups is 1. The Morgan fingerprint density at radius 2 is 2.06 bits per heavy atom. The predicted molar refractivity (Wildman–Crippen MR) is 65.4 cm³/mol. The Balaban J connectivity index is 2.23. The highest BCUT2D eigenvalue weighted by molar-refractivity contribution is 5.96. The maximum absolute atomic E-state index is 11.6. The number of rotatable bonds is 2. The van der Waals surface area contributed by atoms with E-state index in [-0.39, 0.29) is 12.6 Å². The lowest BCUT2D eigenvalue weighted by Crippen LogP contribution is -2.28. The van der Waals surface area contributed by atoms with Gasteiger partial charge in [0.25, 0.3) is 0 Å². The van der Waals surface area contributed by atoms with Gasteiger partial charge in [-0.2, -0.15) is 0 Å². The highest BCUT2D eigenvalue weighted by Gasteiger charge is 2.38. The Kier molecular flexibility index (Phi) is 3.03. The molecule has 90 valence electrons. The molecule has 3 heteroatoms. The van der Waals surface area contributed by atoms with Crippen molar-refractivity contribution < 1.29 is 14.6 Å². The monoisotopic (exact) mass is 232 g/mol. The van der Waals surface area contributed by atoms with Gasteiger partial charge < -0.3 is 9.84 Å². The first kappa shape index (κ1) is 11.9. The normalized spacial score (nSPS) is 26.3. The van der Waals surface area contributed by atoms with Crippen LogP contribution < -0.4 is 0 Å². The van der Waals surface area contributed by atoms with E-state index in [1.54, 1.807) is 6.92 Å². The van der Waals surface area contributed by atoms with Gasteiger partial charge in [0.05, 0.1) is 6.61 Å². The number of cyclic esters (lactones) is 1. The van der Waals surface area contributed by atoms with Crippen molar-refractivity contribution >= 4 is 12.0 Å². The summed E-state index contributed by atoms with van der Waals surface area (Å²) in [5.41, 5.74) is 2.02. The van der Waals surface area contributed by atoms with E-state index < -0.39 is 5.60 Å². The Morgan fingerprint density at radius 1 is 1.41 bits per heavy atom. The van der Waals surface area contributed by atoms with Crippen molar-refractivity contribution in [2.75, 3.05) is 6.61 Å². The van der Waals surface area contributed by atoms with Crippen molar-refractivity contribution in [2.24, 2.45) is 0 Å². The lowest BCUT2D eigenvalue weighted by Gasteiger charge is -2.17. The average Bonchev–Trinajstić information content (AvgIpc) is 2.58. The van der Waals surface area contributed by atoms with Gasteiger partial charge in [0.1, 0.15) is 5.60 Å². The van der Waals surface area contributed by atoms with Gasteiger partial charge in [0.2, 0.25) is 0 Å². The minimum absolute atomic E-state index is 0.149. The summed E-state index contributed by atoms with van der Waals surface area (Å²) < 4.78 is 5.15. The van der Waals surface area contributed by atoms with Crippen LogP contribution >= 0.6 is 0 Å². The molecule has 0 aromatic heterocycles. The zero-order chi connectivity index (χ0) is 12.5. The van der Waals surface area contributed by atoms with E-state index in [0.717, 1.165) is 5.56 Å². The van der Waals surface area contributed by atoms with Gasteiger partial charge in [0.15, 0.2) is 0 Å². The maximum atomic E-state index is 11.6. The number of aliphatic hydroxyl groups excluding tert-OH is 1. The van der Waals surface area contributed by atoms with Gasteiger partial charge in [-0.3, -0.25) is 0 Å². The average molecular weight is 232 g/mol. The molecule has 0 unspecified atom stereocenters. The molecule has 0 saturated carbocycles. The molecule has 2 rings (SSSR count). The molecule has 0 aliphatic carbocycles. The van der Waals surface area contributed by atoms with Gasteiger partial charge >= 0.3 is 5.97 Å². The fourth-order valence-electron chi connectivity index (χ4n) is 1.86. The zero-order valence-corrected chi connectivity index (χ0v) is 10.1. The molecule has 1 N–H and O–H groups in total. The molecule has 0 amide bonds. The summed E-state index contributed by atoms with van der Waals surface area (Å²) >= 11 is 0. The van der Waals surface area contributed by atoms with E-state index in [1.165, 1.54) is 5.56 Å². The standard InChI is InChI=1S/C14H16O3/c1-10-3-5-11(6-4-10)7-12-8-14(2,9-15)17-13(12)16/h3-7,15H,8-9H2,1-2H3/b12-7+/t14-/m0/s1. The number of hydrogen-bond donors (Lipinski definition) is 1. The SMILES string of the molecule is Cc1ccc(/C=C2\C[C@@](C)(CO)OC2=O)cc1. The summed E-state index contributed by atoms with van der Waals surface area (Å²) in [4.78, 5) is 11.6. The quantitative estimate of drug-likeness (QED) is 0.627. The maximum Gasteiger partial charge on any atom is 0.334 e. The Morgan fingerprint density at radius 3 is 2.59 bits per heavy atom. The lowest BCUT2D eigenvalue weighted by atomic mass is 9.99. The number of aliphatic hydroxyl groups is 1. The molecule has 1 heterocycles. The molecule has 1 aromatic rings. The number of aryl methyl sites for hydroxylation is 1. The summed E-state index contributed by atoms with van der Waals surface area (Å²) in [6, 6.07) is 7.92. The van der Waals surface area contributed by atoms with Crippen molar-refractivity contribution in [3.63, 3.8) is 0 Å². The molecule has 1 atom stereocenters. The summed E-state index contributed by atoms with van der Waals surface area (Å²) in [5.74, 6) is -0.331. The smallest absolute Gasteiger partial charge is 0.334 e. The topological polar surface area (TPSA) is 46.5 Å². The van der Waals surface area contributed by atoms with Crippen LogP contribution in [0.25, 0.3) is 6.08 Å². The van der Waals surface area contributed by atoms with Crippen LogP contribution in [0.3, 0.4) is 0 Å². The molecule has 0 radical (unpaired) electrons. The van der Waals surface area contributed by atoms with Crippen molar-refractivity contribution in [1.82, 2.24) is 0 Å². The van der Waals surface area contributed by atoms with E-state index in [4.69, 9.17) is 9.84 Å². The van der Waals surface area contributed by atoms with E-state index >= 15 is 0 Å². The van der Waals surface area contributed by atoms with Crippen LogP contribution in [0.2, 0.25) is 0 Å². The molecule has 1 aliphatic heterocycles. The summed E-state index contributed by atoms with van der Waals surface area (Å²) in [6.45, 7) is 3.61. The lowest BCUT2D eigenvalue weighted by molar-refractivity contribution is -0.147. The zero-order valence-electron chi connectivity index (χ0n) is 10.1. The van der Waals surface area contributed by atoms with Gasteiger partial charge in [-0.25, -0.2) is 4.79 Å². The Hall–Kier alpha value is -1.61. The molecule has 17 heavy (non-hydrogen) atoms. The van der Waals surface area contributed by atoms with Gasteiger partial charge in [0, 0.05) is 12.0 Å².